The van der Waals surface area contributed by atoms with Crippen LogP contribution in [0.2, 0.25) is 0 Å². The lowest BCUT2D eigenvalue weighted by molar-refractivity contribution is -0.123. The van der Waals surface area contributed by atoms with Crippen LogP contribution in [-0.4, -0.2) is 74.4 Å². The molecule has 5 rings (SSSR count). The summed E-state index contributed by atoms with van der Waals surface area (Å²) in [6.07, 6.45) is 5.62. The van der Waals surface area contributed by atoms with Crippen LogP contribution in [0, 0.1) is 0 Å². The number of aromatic nitrogens is 4. The maximum atomic E-state index is 13.6. The first-order valence-corrected chi connectivity index (χ1v) is 15.0. The number of hydrogen-bond acceptors (Lipinski definition) is 8. The van der Waals surface area contributed by atoms with Crippen molar-refractivity contribution in [2.24, 2.45) is 0 Å². The van der Waals surface area contributed by atoms with Gasteiger partial charge in [0.15, 0.2) is 11.4 Å². The minimum absolute atomic E-state index is 0.0138. The molecule has 0 spiro atoms. The van der Waals surface area contributed by atoms with E-state index in [0.717, 1.165) is 42.1 Å². The molecule has 1 saturated heterocycles. The van der Waals surface area contributed by atoms with Crippen LogP contribution in [0.3, 0.4) is 0 Å². The van der Waals surface area contributed by atoms with E-state index in [4.69, 9.17) is 9.97 Å². The number of carbonyl (C=O) groups is 2. The van der Waals surface area contributed by atoms with Crippen LogP contribution < -0.4 is 10.2 Å². The molecule has 0 bridgehead atoms. The SMILES string of the molecule is CCNC(=O)[C@@H]1CCN1c1cc(C(=O)CC[C@H](C)N(CC)CC)cc(-c2cnn3ccc(-c4cccs4)nc23)n1. The van der Waals surface area contributed by atoms with E-state index in [1.54, 1.807) is 22.0 Å². The van der Waals surface area contributed by atoms with Crippen LogP contribution in [0.5, 0.6) is 0 Å². The first kappa shape index (κ1) is 27.9. The average Bonchev–Trinajstić information content (AvgIpc) is 3.62. The van der Waals surface area contributed by atoms with E-state index in [9.17, 15) is 9.59 Å². The van der Waals surface area contributed by atoms with Gasteiger partial charge in [-0.25, -0.2) is 14.5 Å². The Morgan fingerprint density at radius 1 is 1.15 bits per heavy atom. The number of anilines is 1. The third-order valence-corrected chi connectivity index (χ3v) is 8.64. The molecule has 9 nitrogen and oxygen atoms in total. The molecule has 4 aromatic heterocycles. The van der Waals surface area contributed by atoms with Gasteiger partial charge in [-0.1, -0.05) is 19.9 Å². The molecular weight excluding hydrogens is 522 g/mol. The average molecular weight is 560 g/mol. The number of thiophene rings is 1. The van der Waals surface area contributed by atoms with Crippen LogP contribution in [-0.2, 0) is 4.79 Å². The number of nitrogens with zero attached hydrogens (tertiary/aromatic N) is 6. The molecule has 0 aromatic carbocycles. The van der Waals surface area contributed by atoms with Crippen molar-refractivity contribution in [3.05, 3.63) is 53.7 Å². The Morgan fingerprint density at radius 3 is 2.65 bits per heavy atom. The predicted molar refractivity (Wildman–Crippen MR) is 160 cm³/mol. The zero-order valence-corrected chi connectivity index (χ0v) is 24.4. The van der Waals surface area contributed by atoms with Gasteiger partial charge in [-0.15, -0.1) is 11.3 Å². The molecule has 4 aromatic rings. The van der Waals surface area contributed by atoms with Gasteiger partial charge < -0.3 is 15.1 Å². The number of nitrogens with one attached hydrogen (secondary N) is 1. The monoisotopic (exact) mass is 559 g/mol. The van der Waals surface area contributed by atoms with Gasteiger partial charge in [0.05, 0.1) is 28.0 Å². The summed E-state index contributed by atoms with van der Waals surface area (Å²) < 4.78 is 1.73. The number of likely N-dealkylation sites (N-methyl/N-ethyl adjacent to an activating group) is 1. The molecule has 210 valence electrons. The zero-order chi connectivity index (χ0) is 28.2. The molecule has 1 fully saturated rings. The zero-order valence-electron chi connectivity index (χ0n) is 23.6. The Kier molecular flexibility index (Phi) is 8.56. The van der Waals surface area contributed by atoms with Crippen LogP contribution in [0.15, 0.2) is 48.1 Å². The van der Waals surface area contributed by atoms with Crippen molar-refractivity contribution in [3.8, 4) is 21.8 Å². The molecule has 0 saturated carbocycles. The van der Waals surface area contributed by atoms with E-state index in [1.165, 1.54) is 0 Å². The highest BCUT2D eigenvalue weighted by Gasteiger charge is 2.35. The first-order valence-electron chi connectivity index (χ1n) is 14.2. The lowest BCUT2D eigenvalue weighted by Crippen LogP contribution is -2.56. The Labute approximate surface area is 239 Å². The second kappa shape index (κ2) is 12.3. The van der Waals surface area contributed by atoms with Crippen molar-refractivity contribution in [1.82, 2.24) is 29.8 Å². The minimum Gasteiger partial charge on any atom is -0.355 e. The topological polar surface area (TPSA) is 95.7 Å². The maximum absolute atomic E-state index is 13.6. The number of Topliss-reactive ketones (excluding diaryl/α,β-unsaturated/α-hetero) is 1. The van der Waals surface area contributed by atoms with Crippen molar-refractivity contribution in [2.45, 2.75) is 59.0 Å². The van der Waals surface area contributed by atoms with Gasteiger partial charge in [0, 0.05) is 37.3 Å². The number of amides is 1. The summed E-state index contributed by atoms with van der Waals surface area (Å²) in [5.74, 6) is 0.691. The summed E-state index contributed by atoms with van der Waals surface area (Å²) in [4.78, 5) is 41.5. The fourth-order valence-electron chi connectivity index (χ4n) is 5.31. The largest absolute Gasteiger partial charge is 0.355 e. The number of carbonyl (C=O) groups excluding carboxylic acids is 2. The van der Waals surface area contributed by atoms with Crippen LogP contribution in [0.4, 0.5) is 5.82 Å². The second-order valence-corrected chi connectivity index (χ2v) is 11.1. The molecule has 1 amide bonds. The van der Waals surface area contributed by atoms with Crippen molar-refractivity contribution < 1.29 is 9.59 Å². The summed E-state index contributed by atoms with van der Waals surface area (Å²) in [5, 5.41) is 9.47. The molecule has 40 heavy (non-hydrogen) atoms. The lowest BCUT2D eigenvalue weighted by atomic mass is 9.99. The van der Waals surface area contributed by atoms with E-state index in [0.29, 0.717) is 48.3 Å². The molecular formula is C30H37N7O2S. The molecule has 1 aliphatic heterocycles. The van der Waals surface area contributed by atoms with Gasteiger partial charge in [0.2, 0.25) is 5.91 Å². The predicted octanol–water partition coefficient (Wildman–Crippen LogP) is 4.93. The summed E-state index contributed by atoms with van der Waals surface area (Å²) in [5.41, 5.74) is 3.52. The molecule has 1 aliphatic rings. The second-order valence-electron chi connectivity index (χ2n) is 10.1. The van der Waals surface area contributed by atoms with Crippen LogP contribution in [0.25, 0.3) is 27.5 Å². The van der Waals surface area contributed by atoms with E-state index in [-0.39, 0.29) is 17.7 Å². The van der Waals surface area contributed by atoms with Gasteiger partial charge in [-0.2, -0.15) is 5.10 Å². The third kappa shape index (κ3) is 5.64. The molecule has 2 atom stereocenters. The molecule has 0 unspecified atom stereocenters. The number of rotatable bonds is 12. The smallest absolute Gasteiger partial charge is 0.242 e. The fourth-order valence-corrected chi connectivity index (χ4v) is 6.01. The van der Waals surface area contributed by atoms with E-state index >= 15 is 0 Å². The van der Waals surface area contributed by atoms with Crippen molar-refractivity contribution in [2.75, 3.05) is 31.1 Å². The highest BCUT2D eigenvalue weighted by atomic mass is 32.1. The molecule has 10 heteroatoms. The van der Waals surface area contributed by atoms with Crippen molar-refractivity contribution in [3.63, 3.8) is 0 Å². The Morgan fingerprint density at radius 2 is 1.98 bits per heavy atom. The number of ketones is 1. The van der Waals surface area contributed by atoms with Gasteiger partial charge in [-0.3, -0.25) is 9.59 Å². The Hall–Kier alpha value is -3.63. The van der Waals surface area contributed by atoms with Gasteiger partial charge >= 0.3 is 0 Å². The van der Waals surface area contributed by atoms with E-state index in [2.05, 4.69) is 36.1 Å². The third-order valence-electron chi connectivity index (χ3n) is 7.74. The Bertz CT molecular complexity index is 1480. The summed E-state index contributed by atoms with van der Waals surface area (Å²) >= 11 is 1.63. The van der Waals surface area contributed by atoms with Crippen LogP contribution >= 0.6 is 11.3 Å². The standard InChI is InChI=1S/C30H37N7O2S/c1-5-31-30(39)25-13-14-36(25)28-18-21(26(38)11-10-20(4)35(6-2)7-3)17-24(33-28)22-19-32-37-15-12-23(34-29(22)37)27-9-8-16-40-27/h8-9,12,15-20,25H,5-7,10-11,13-14H2,1-4H3,(H,31,39)/t20-,25-/m0/s1. The molecule has 0 aliphatic carbocycles. The molecule has 1 N–H and O–H groups in total. The number of hydrogen-bond donors (Lipinski definition) is 1. The molecule has 0 radical (unpaired) electrons. The first-order chi connectivity index (χ1) is 19.4. The Balaban J connectivity index is 1.52. The van der Waals surface area contributed by atoms with E-state index in [1.807, 2.05) is 53.7 Å². The summed E-state index contributed by atoms with van der Waals surface area (Å²) in [6, 6.07) is 9.71. The van der Waals surface area contributed by atoms with E-state index < -0.39 is 0 Å². The van der Waals surface area contributed by atoms with Gasteiger partial charge in [0.25, 0.3) is 0 Å². The highest BCUT2D eigenvalue weighted by Crippen LogP contribution is 2.32. The van der Waals surface area contributed by atoms with Crippen LogP contribution in [0.1, 0.15) is 57.3 Å². The lowest BCUT2D eigenvalue weighted by Gasteiger charge is -2.40. The van der Waals surface area contributed by atoms with Crippen molar-refractivity contribution >= 4 is 34.5 Å². The van der Waals surface area contributed by atoms with Gasteiger partial charge in [0.1, 0.15) is 11.9 Å². The number of pyridine rings is 1. The maximum Gasteiger partial charge on any atom is 0.242 e. The summed E-state index contributed by atoms with van der Waals surface area (Å²) in [6.45, 7) is 11.6. The van der Waals surface area contributed by atoms with Crippen molar-refractivity contribution in [1.29, 1.82) is 0 Å². The minimum atomic E-state index is -0.291. The van der Waals surface area contributed by atoms with Gasteiger partial charge in [-0.05, 0) is 69.4 Å². The normalized spacial score (nSPS) is 15.8. The number of fused-ring (bicyclic) bond motifs is 1. The highest BCUT2D eigenvalue weighted by molar-refractivity contribution is 7.13. The molecule has 5 heterocycles. The summed E-state index contributed by atoms with van der Waals surface area (Å²) in [7, 11) is 0. The quantitative estimate of drug-likeness (QED) is 0.246. The fraction of sp³-hybridized carbons (Fsp3) is 0.433.